The number of rotatable bonds is 8. The highest BCUT2D eigenvalue weighted by Gasteiger charge is 2.13. The molecule has 0 amide bonds. The predicted octanol–water partition coefficient (Wildman–Crippen LogP) is 3.17. The third kappa shape index (κ3) is 4.70. The van der Waals surface area contributed by atoms with E-state index in [1.807, 2.05) is 6.92 Å². The first-order chi connectivity index (χ1) is 8.69. The largest absolute Gasteiger partial charge is 0.396 e. The van der Waals surface area contributed by atoms with Gasteiger partial charge < -0.3 is 10.4 Å². The summed E-state index contributed by atoms with van der Waals surface area (Å²) < 4.78 is 26.7. The molecule has 1 aromatic rings. The standard InChI is InChI=1S/C14H21F2NO/c1-2-14(17-8-4-3-5-9-18)12-10-11(15)6-7-13(12)16/h6-7,10,14,17-18H,2-5,8-9H2,1H3. The zero-order valence-electron chi connectivity index (χ0n) is 10.8. The summed E-state index contributed by atoms with van der Waals surface area (Å²) in [6, 6.07) is 3.40. The molecule has 0 fully saturated rings. The van der Waals surface area contributed by atoms with Gasteiger partial charge in [0.25, 0.3) is 0 Å². The van der Waals surface area contributed by atoms with E-state index in [1.54, 1.807) is 0 Å². The molecule has 102 valence electrons. The number of aliphatic hydroxyl groups is 1. The Bertz CT molecular complexity index is 358. The van der Waals surface area contributed by atoms with Crippen molar-refractivity contribution in [3.63, 3.8) is 0 Å². The van der Waals surface area contributed by atoms with Gasteiger partial charge in [-0.25, -0.2) is 8.78 Å². The van der Waals surface area contributed by atoms with Crippen LogP contribution in [0.5, 0.6) is 0 Å². The van der Waals surface area contributed by atoms with E-state index < -0.39 is 5.82 Å². The van der Waals surface area contributed by atoms with E-state index in [0.717, 1.165) is 31.9 Å². The summed E-state index contributed by atoms with van der Waals surface area (Å²) in [6.45, 7) is 2.89. The molecule has 4 heteroatoms. The summed E-state index contributed by atoms with van der Waals surface area (Å²) >= 11 is 0. The molecule has 2 N–H and O–H groups in total. The zero-order chi connectivity index (χ0) is 13.4. The van der Waals surface area contributed by atoms with E-state index in [2.05, 4.69) is 5.32 Å². The normalized spacial score (nSPS) is 12.7. The van der Waals surface area contributed by atoms with Crippen LogP contribution < -0.4 is 5.32 Å². The van der Waals surface area contributed by atoms with Crippen molar-refractivity contribution >= 4 is 0 Å². The summed E-state index contributed by atoms with van der Waals surface area (Å²) in [5.41, 5.74) is 0.389. The van der Waals surface area contributed by atoms with Gasteiger partial charge in [-0.05, 0) is 50.4 Å². The average Bonchev–Trinajstić information content (AvgIpc) is 2.37. The number of benzene rings is 1. The van der Waals surface area contributed by atoms with E-state index >= 15 is 0 Å². The van der Waals surface area contributed by atoms with Gasteiger partial charge >= 0.3 is 0 Å². The van der Waals surface area contributed by atoms with E-state index in [4.69, 9.17) is 5.11 Å². The Balaban J connectivity index is 2.52. The van der Waals surface area contributed by atoms with Gasteiger partial charge in [0, 0.05) is 18.2 Å². The Morgan fingerprint density at radius 1 is 1.22 bits per heavy atom. The van der Waals surface area contributed by atoms with Gasteiger partial charge in [-0.3, -0.25) is 0 Å². The molecule has 0 bridgehead atoms. The lowest BCUT2D eigenvalue weighted by molar-refractivity contribution is 0.282. The third-order valence-corrected chi connectivity index (χ3v) is 2.97. The quantitative estimate of drug-likeness (QED) is 0.701. The summed E-state index contributed by atoms with van der Waals surface area (Å²) in [5, 5.41) is 11.9. The summed E-state index contributed by atoms with van der Waals surface area (Å²) in [6.07, 6.45) is 3.35. The lowest BCUT2D eigenvalue weighted by Crippen LogP contribution is -2.23. The molecule has 0 radical (unpaired) electrons. The molecule has 0 aliphatic carbocycles. The lowest BCUT2D eigenvalue weighted by Gasteiger charge is -2.18. The van der Waals surface area contributed by atoms with Gasteiger partial charge in [-0.15, -0.1) is 0 Å². The van der Waals surface area contributed by atoms with Crippen molar-refractivity contribution in [2.24, 2.45) is 0 Å². The number of hydrogen-bond donors (Lipinski definition) is 2. The minimum absolute atomic E-state index is 0.158. The highest BCUT2D eigenvalue weighted by atomic mass is 19.1. The fraction of sp³-hybridized carbons (Fsp3) is 0.571. The van der Waals surface area contributed by atoms with Crippen LogP contribution in [0.25, 0.3) is 0 Å². The second-order valence-electron chi connectivity index (χ2n) is 4.37. The molecule has 0 saturated carbocycles. The Kier molecular flexibility index (Phi) is 6.83. The van der Waals surface area contributed by atoms with E-state index in [9.17, 15) is 8.78 Å². The summed E-state index contributed by atoms with van der Waals surface area (Å²) in [5.74, 6) is -0.780. The topological polar surface area (TPSA) is 32.3 Å². The first kappa shape index (κ1) is 15.1. The number of nitrogens with one attached hydrogen (secondary N) is 1. The maximum Gasteiger partial charge on any atom is 0.128 e. The van der Waals surface area contributed by atoms with Crippen molar-refractivity contribution in [2.75, 3.05) is 13.2 Å². The molecule has 0 aliphatic heterocycles. The van der Waals surface area contributed by atoms with Crippen LogP contribution in [0.2, 0.25) is 0 Å². The maximum absolute atomic E-state index is 13.6. The molecule has 0 aliphatic rings. The van der Waals surface area contributed by atoms with Crippen LogP contribution in [0.3, 0.4) is 0 Å². The monoisotopic (exact) mass is 257 g/mol. The smallest absolute Gasteiger partial charge is 0.128 e. The molecule has 0 saturated heterocycles. The van der Waals surface area contributed by atoms with Crippen molar-refractivity contribution < 1.29 is 13.9 Å². The fourth-order valence-corrected chi connectivity index (χ4v) is 1.95. The molecule has 1 rings (SSSR count). The van der Waals surface area contributed by atoms with Crippen LogP contribution in [-0.2, 0) is 0 Å². The molecular formula is C14H21F2NO. The Morgan fingerprint density at radius 2 is 2.00 bits per heavy atom. The van der Waals surface area contributed by atoms with Crippen LogP contribution in [-0.4, -0.2) is 18.3 Å². The first-order valence-electron chi connectivity index (χ1n) is 6.48. The molecule has 2 nitrogen and oxygen atoms in total. The number of halogens is 2. The Morgan fingerprint density at radius 3 is 2.67 bits per heavy atom. The van der Waals surface area contributed by atoms with Gasteiger partial charge in [-0.2, -0.15) is 0 Å². The molecular weight excluding hydrogens is 236 g/mol. The first-order valence-corrected chi connectivity index (χ1v) is 6.48. The van der Waals surface area contributed by atoms with E-state index in [-0.39, 0.29) is 18.5 Å². The van der Waals surface area contributed by atoms with E-state index in [0.29, 0.717) is 12.0 Å². The van der Waals surface area contributed by atoms with Crippen LogP contribution in [0.15, 0.2) is 18.2 Å². The highest BCUT2D eigenvalue weighted by Crippen LogP contribution is 2.21. The average molecular weight is 257 g/mol. The maximum atomic E-state index is 13.6. The second-order valence-corrected chi connectivity index (χ2v) is 4.37. The third-order valence-electron chi connectivity index (χ3n) is 2.97. The SMILES string of the molecule is CCC(NCCCCCO)c1cc(F)ccc1F. The van der Waals surface area contributed by atoms with Gasteiger partial charge in [0.15, 0.2) is 0 Å². The van der Waals surface area contributed by atoms with E-state index in [1.165, 1.54) is 12.1 Å². The highest BCUT2D eigenvalue weighted by molar-refractivity contribution is 5.22. The number of hydrogen-bond acceptors (Lipinski definition) is 2. The summed E-state index contributed by atoms with van der Waals surface area (Å²) in [4.78, 5) is 0. The van der Waals surface area contributed by atoms with Gasteiger partial charge in [-0.1, -0.05) is 6.92 Å². The van der Waals surface area contributed by atoms with Crippen LogP contribution in [0.4, 0.5) is 8.78 Å². The van der Waals surface area contributed by atoms with Crippen LogP contribution in [0.1, 0.15) is 44.2 Å². The minimum Gasteiger partial charge on any atom is -0.396 e. The van der Waals surface area contributed by atoms with Crippen LogP contribution >= 0.6 is 0 Å². The molecule has 0 aromatic heterocycles. The number of aliphatic hydroxyl groups excluding tert-OH is 1. The Hall–Kier alpha value is -1.00. The second kappa shape index (κ2) is 8.16. The molecule has 1 atom stereocenters. The molecule has 1 aromatic carbocycles. The lowest BCUT2D eigenvalue weighted by atomic mass is 10.0. The predicted molar refractivity (Wildman–Crippen MR) is 68.3 cm³/mol. The van der Waals surface area contributed by atoms with Crippen molar-refractivity contribution in [3.05, 3.63) is 35.4 Å². The molecule has 0 spiro atoms. The van der Waals surface area contributed by atoms with Gasteiger partial charge in [0.2, 0.25) is 0 Å². The van der Waals surface area contributed by atoms with Crippen molar-refractivity contribution in [2.45, 2.75) is 38.6 Å². The van der Waals surface area contributed by atoms with Gasteiger partial charge in [0.1, 0.15) is 11.6 Å². The fourth-order valence-electron chi connectivity index (χ4n) is 1.95. The zero-order valence-corrected chi connectivity index (χ0v) is 10.8. The minimum atomic E-state index is -0.410. The molecule has 18 heavy (non-hydrogen) atoms. The van der Waals surface area contributed by atoms with Crippen LogP contribution in [0, 0.1) is 11.6 Å². The van der Waals surface area contributed by atoms with Crippen molar-refractivity contribution in [1.29, 1.82) is 0 Å². The summed E-state index contributed by atoms with van der Waals surface area (Å²) in [7, 11) is 0. The molecule has 1 unspecified atom stereocenters. The van der Waals surface area contributed by atoms with Crippen molar-refractivity contribution in [3.8, 4) is 0 Å². The number of unbranched alkanes of at least 4 members (excludes halogenated alkanes) is 2. The van der Waals surface area contributed by atoms with Crippen molar-refractivity contribution in [1.82, 2.24) is 5.32 Å². The van der Waals surface area contributed by atoms with Gasteiger partial charge in [0.05, 0.1) is 0 Å². The molecule has 0 heterocycles. The Labute approximate surface area is 107 Å².